The fraction of sp³-hybridized carbons (Fsp3) is 0.333. The predicted molar refractivity (Wildman–Crippen MR) is 105 cm³/mol. The van der Waals surface area contributed by atoms with Gasteiger partial charge in [-0.05, 0) is 36.1 Å². The Balaban J connectivity index is 1.98. The van der Waals surface area contributed by atoms with Crippen LogP contribution < -0.4 is 10.6 Å². The van der Waals surface area contributed by atoms with E-state index in [1.54, 1.807) is 24.3 Å². The Morgan fingerprint density at radius 1 is 1.08 bits per heavy atom. The van der Waals surface area contributed by atoms with E-state index in [0.29, 0.717) is 30.1 Å². The second-order valence-corrected chi connectivity index (χ2v) is 6.46. The van der Waals surface area contributed by atoms with Gasteiger partial charge >= 0.3 is 5.97 Å². The highest BCUT2D eigenvalue weighted by atomic mass is 16.5. The highest BCUT2D eigenvalue weighted by molar-refractivity contribution is 6.01. The number of nitrogens with one attached hydrogen (secondary N) is 2. The Labute approximate surface area is 154 Å². The summed E-state index contributed by atoms with van der Waals surface area (Å²) < 4.78 is 4.74. The van der Waals surface area contributed by atoms with E-state index in [1.165, 1.54) is 12.7 Å². The van der Waals surface area contributed by atoms with Crippen LogP contribution in [0.4, 0.5) is 11.4 Å². The lowest BCUT2D eigenvalue weighted by Crippen LogP contribution is -2.19. The molecule has 5 nitrogen and oxygen atoms in total. The molecule has 0 aliphatic heterocycles. The standard InChI is InChI=1S/C21H26N2O3/c1-14(2)16-10-7-8-15(3)20(16)22-13-12-19(24)23-18-11-6-5-9-17(18)21(25)26-4/h5-11,14,22H,12-13H2,1-4H3,(H,23,24). The topological polar surface area (TPSA) is 67.4 Å². The number of para-hydroxylation sites is 2. The van der Waals surface area contributed by atoms with E-state index in [2.05, 4.69) is 43.5 Å². The molecule has 5 heteroatoms. The summed E-state index contributed by atoms with van der Waals surface area (Å²) in [6.45, 7) is 6.87. The number of anilines is 2. The van der Waals surface area contributed by atoms with Crippen LogP contribution in [0.1, 0.15) is 47.7 Å². The van der Waals surface area contributed by atoms with Crippen LogP contribution in [-0.4, -0.2) is 25.5 Å². The van der Waals surface area contributed by atoms with Crippen LogP contribution in [0.2, 0.25) is 0 Å². The minimum Gasteiger partial charge on any atom is -0.465 e. The molecule has 2 aromatic carbocycles. The number of hydrogen-bond acceptors (Lipinski definition) is 4. The number of hydrogen-bond donors (Lipinski definition) is 2. The first-order valence-electron chi connectivity index (χ1n) is 8.74. The number of ether oxygens (including phenoxy) is 1. The van der Waals surface area contributed by atoms with E-state index >= 15 is 0 Å². The SMILES string of the molecule is COC(=O)c1ccccc1NC(=O)CCNc1c(C)cccc1C(C)C. The molecule has 1 amide bonds. The molecule has 0 heterocycles. The summed E-state index contributed by atoms with van der Waals surface area (Å²) in [4.78, 5) is 24.0. The second kappa shape index (κ2) is 9.04. The summed E-state index contributed by atoms with van der Waals surface area (Å²) in [6, 6.07) is 13.0. The molecule has 0 unspecified atom stereocenters. The fourth-order valence-corrected chi connectivity index (χ4v) is 2.81. The summed E-state index contributed by atoms with van der Waals surface area (Å²) in [5.41, 5.74) is 4.29. The van der Waals surface area contributed by atoms with Crippen LogP contribution in [-0.2, 0) is 9.53 Å². The maximum atomic E-state index is 12.3. The van der Waals surface area contributed by atoms with Crippen LogP contribution in [0.15, 0.2) is 42.5 Å². The molecule has 0 spiro atoms. The molecule has 2 N–H and O–H groups in total. The number of amides is 1. The number of benzene rings is 2. The van der Waals surface area contributed by atoms with Crippen molar-refractivity contribution in [1.29, 1.82) is 0 Å². The Morgan fingerprint density at radius 3 is 2.50 bits per heavy atom. The van der Waals surface area contributed by atoms with Gasteiger partial charge in [-0.1, -0.05) is 44.2 Å². The van der Waals surface area contributed by atoms with Crippen LogP contribution in [0.5, 0.6) is 0 Å². The van der Waals surface area contributed by atoms with Crippen LogP contribution in [0.3, 0.4) is 0 Å². The Hall–Kier alpha value is -2.82. The van der Waals surface area contributed by atoms with E-state index in [9.17, 15) is 9.59 Å². The number of aryl methyl sites for hydroxylation is 1. The molecule has 0 radical (unpaired) electrons. The highest BCUT2D eigenvalue weighted by Gasteiger charge is 2.13. The molecule has 0 fully saturated rings. The smallest absolute Gasteiger partial charge is 0.339 e. The van der Waals surface area contributed by atoms with Crippen LogP contribution >= 0.6 is 0 Å². The Bertz CT molecular complexity index is 785. The molecular formula is C21H26N2O3. The number of methoxy groups -OCH3 is 1. The summed E-state index contributed by atoms with van der Waals surface area (Å²) in [5.74, 6) is -0.229. The molecular weight excluding hydrogens is 328 g/mol. The van der Waals surface area contributed by atoms with Gasteiger partial charge in [0.15, 0.2) is 0 Å². The van der Waals surface area contributed by atoms with Crippen molar-refractivity contribution in [2.75, 3.05) is 24.3 Å². The molecule has 2 aromatic rings. The number of carbonyl (C=O) groups excluding carboxylic acids is 2. The largest absolute Gasteiger partial charge is 0.465 e. The minimum atomic E-state index is -0.472. The lowest BCUT2D eigenvalue weighted by Gasteiger charge is -2.17. The number of esters is 1. The van der Waals surface area contributed by atoms with E-state index in [4.69, 9.17) is 4.74 Å². The van der Waals surface area contributed by atoms with Gasteiger partial charge in [0.2, 0.25) is 5.91 Å². The monoisotopic (exact) mass is 354 g/mol. The zero-order chi connectivity index (χ0) is 19.1. The van der Waals surface area contributed by atoms with Crippen molar-refractivity contribution in [2.24, 2.45) is 0 Å². The van der Waals surface area contributed by atoms with Gasteiger partial charge in [-0.15, -0.1) is 0 Å². The van der Waals surface area contributed by atoms with Crippen molar-refractivity contribution in [3.63, 3.8) is 0 Å². The van der Waals surface area contributed by atoms with Gasteiger partial charge in [0.05, 0.1) is 18.4 Å². The van der Waals surface area contributed by atoms with Crippen molar-refractivity contribution < 1.29 is 14.3 Å². The molecule has 0 atom stereocenters. The van der Waals surface area contributed by atoms with Gasteiger partial charge in [0.25, 0.3) is 0 Å². The van der Waals surface area contributed by atoms with Crippen molar-refractivity contribution in [3.8, 4) is 0 Å². The first kappa shape index (κ1) is 19.5. The lowest BCUT2D eigenvalue weighted by molar-refractivity contribution is -0.115. The molecule has 0 aliphatic carbocycles. The van der Waals surface area contributed by atoms with Gasteiger partial charge in [-0.3, -0.25) is 4.79 Å². The first-order valence-corrected chi connectivity index (χ1v) is 8.74. The van der Waals surface area contributed by atoms with Crippen LogP contribution in [0, 0.1) is 6.92 Å². The van der Waals surface area contributed by atoms with Crippen molar-refractivity contribution in [2.45, 2.75) is 33.1 Å². The summed E-state index contributed by atoms with van der Waals surface area (Å²) >= 11 is 0. The average molecular weight is 354 g/mol. The molecule has 2 rings (SSSR count). The molecule has 26 heavy (non-hydrogen) atoms. The minimum absolute atomic E-state index is 0.159. The molecule has 0 saturated heterocycles. The predicted octanol–water partition coefficient (Wildman–Crippen LogP) is 4.35. The first-order chi connectivity index (χ1) is 12.4. The lowest BCUT2D eigenvalue weighted by atomic mass is 9.98. The Morgan fingerprint density at radius 2 is 1.81 bits per heavy atom. The van der Waals surface area contributed by atoms with E-state index in [1.807, 2.05) is 6.07 Å². The van der Waals surface area contributed by atoms with E-state index in [0.717, 1.165) is 11.3 Å². The normalized spacial score (nSPS) is 10.5. The quantitative estimate of drug-likeness (QED) is 0.726. The third-order valence-electron chi connectivity index (χ3n) is 4.19. The maximum Gasteiger partial charge on any atom is 0.339 e. The second-order valence-electron chi connectivity index (χ2n) is 6.46. The summed E-state index contributed by atoms with van der Waals surface area (Å²) in [6.07, 6.45) is 0.293. The van der Waals surface area contributed by atoms with Crippen molar-refractivity contribution in [3.05, 3.63) is 59.2 Å². The molecule has 138 valence electrons. The average Bonchev–Trinajstić information content (AvgIpc) is 2.62. The zero-order valence-electron chi connectivity index (χ0n) is 15.8. The molecule has 0 bridgehead atoms. The Kier molecular flexibility index (Phi) is 6.78. The number of carbonyl (C=O) groups is 2. The highest BCUT2D eigenvalue weighted by Crippen LogP contribution is 2.27. The summed E-state index contributed by atoms with van der Waals surface area (Å²) in [7, 11) is 1.32. The molecule has 0 saturated carbocycles. The van der Waals surface area contributed by atoms with Gasteiger partial charge in [-0.25, -0.2) is 4.79 Å². The zero-order valence-corrected chi connectivity index (χ0v) is 15.8. The van der Waals surface area contributed by atoms with Gasteiger partial charge in [0, 0.05) is 18.7 Å². The van der Waals surface area contributed by atoms with Crippen LogP contribution in [0.25, 0.3) is 0 Å². The molecule has 0 aromatic heterocycles. The van der Waals surface area contributed by atoms with E-state index in [-0.39, 0.29) is 5.91 Å². The maximum absolute atomic E-state index is 12.3. The van der Waals surface area contributed by atoms with E-state index < -0.39 is 5.97 Å². The van der Waals surface area contributed by atoms with Gasteiger partial charge in [-0.2, -0.15) is 0 Å². The van der Waals surface area contributed by atoms with Crippen molar-refractivity contribution >= 4 is 23.3 Å². The van der Waals surface area contributed by atoms with Gasteiger partial charge < -0.3 is 15.4 Å². The van der Waals surface area contributed by atoms with Gasteiger partial charge in [0.1, 0.15) is 0 Å². The third-order valence-corrected chi connectivity index (χ3v) is 4.19. The number of rotatable bonds is 7. The molecule has 0 aliphatic rings. The fourth-order valence-electron chi connectivity index (χ4n) is 2.81. The van der Waals surface area contributed by atoms with Crippen molar-refractivity contribution in [1.82, 2.24) is 0 Å². The third kappa shape index (κ3) is 4.85. The summed E-state index contributed by atoms with van der Waals surface area (Å²) in [5, 5.41) is 6.16.